The molecule has 28 heavy (non-hydrogen) atoms. The minimum atomic E-state index is -0.103. The fourth-order valence-electron chi connectivity index (χ4n) is 2.93. The number of H-pyrrole nitrogens is 1. The zero-order valence-corrected chi connectivity index (χ0v) is 17.2. The van der Waals surface area contributed by atoms with Crippen LogP contribution in [0.4, 0.5) is 5.13 Å². The molecule has 8 heteroatoms. The monoisotopic (exact) mass is 409 g/mol. The molecule has 2 N–H and O–H groups in total. The van der Waals surface area contributed by atoms with Gasteiger partial charge in [0.25, 0.3) is 0 Å². The van der Waals surface area contributed by atoms with Gasteiger partial charge in [0, 0.05) is 18.5 Å². The van der Waals surface area contributed by atoms with Crippen molar-refractivity contribution in [3.8, 4) is 11.4 Å². The molecule has 2 aromatic carbocycles. The van der Waals surface area contributed by atoms with Gasteiger partial charge < -0.3 is 5.32 Å². The maximum Gasteiger partial charge on any atom is 0.227 e. The molecule has 0 unspecified atom stereocenters. The van der Waals surface area contributed by atoms with Crippen LogP contribution in [-0.4, -0.2) is 25.7 Å². The minimum Gasteiger partial charge on any atom is -0.302 e. The Kier molecular flexibility index (Phi) is 5.06. The number of aromatic amines is 1. The molecule has 0 aliphatic carbocycles. The molecule has 0 saturated heterocycles. The summed E-state index contributed by atoms with van der Waals surface area (Å²) < 4.78 is 3.41. The number of aryl methyl sites for hydroxylation is 2. The van der Waals surface area contributed by atoms with Crippen LogP contribution in [-0.2, 0) is 11.3 Å². The van der Waals surface area contributed by atoms with Gasteiger partial charge in [0.1, 0.15) is 0 Å². The minimum absolute atomic E-state index is 0.103. The van der Waals surface area contributed by atoms with Crippen LogP contribution in [0.25, 0.3) is 21.6 Å². The number of nitrogens with one attached hydrogen (secondary N) is 2. The first-order chi connectivity index (χ1) is 13.5. The van der Waals surface area contributed by atoms with Gasteiger partial charge in [-0.15, -0.1) is 0 Å². The van der Waals surface area contributed by atoms with E-state index in [4.69, 9.17) is 12.2 Å². The average Bonchev–Trinajstić information content (AvgIpc) is 3.23. The summed E-state index contributed by atoms with van der Waals surface area (Å²) in [4.78, 5) is 16.9. The Labute approximate surface area is 171 Å². The number of amides is 1. The van der Waals surface area contributed by atoms with Gasteiger partial charge in [-0.2, -0.15) is 5.10 Å². The van der Waals surface area contributed by atoms with Crippen LogP contribution < -0.4 is 5.32 Å². The number of carbonyl (C=O) groups is 1. The Morgan fingerprint density at radius 3 is 2.71 bits per heavy atom. The zero-order chi connectivity index (χ0) is 19.7. The molecule has 0 aliphatic rings. The summed E-state index contributed by atoms with van der Waals surface area (Å²) in [5, 5.41) is 10.6. The van der Waals surface area contributed by atoms with Gasteiger partial charge in [0.05, 0.1) is 10.2 Å². The van der Waals surface area contributed by atoms with E-state index in [1.807, 2.05) is 54.8 Å². The van der Waals surface area contributed by atoms with Crippen molar-refractivity contribution in [2.45, 2.75) is 26.8 Å². The summed E-state index contributed by atoms with van der Waals surface area (Å²) in [7, 11) is 0. The third kappa shape index (κ3) is 3.88. The van der Waals surface area contributed by atoms with Crippen molar-refractivity contribution in [1.82, 2.24) is 19.7 Å². The van der Waals surface area contributed by atoms with Crippen molar-refractivity contribution >= 4 is 44.8 Å². The van der Waals surface area contributed by atoms with Gasteiger partial charge in [-0.05, 0) is 43.8 Å². The highest BCUT2D eigenvalue weighted by Crippen LogP contribution is 2.26. The predicted octanol–water partition coefficient (Wildman–Crippen LogP) is 4.86. The SMILES string of the molecule is Cc1ccc(-c2n[nH]c(=S)n2CCC(=O)Nc2nc3ccc(C)cc3s2)cc1. The van der Waals surface area contributed by atoms with Gasteiger partial charge in [0.15, 0.2) is 15.7 Å². The van der Waals surface area contributed by atoms with Crippen LogP contribution in [0.5, 0.6) is 0 Å². The number of anilines is 1. The van der Waals surface area contributed by atoms with Gasteiger partial charge in [-0.3, -0.25) is 14.5 Å². The molecule has 0 bridgehead atoms. The summed E-state index contributed by atoms with van der Waals surface area (Å²) in [5.41, 5.74) is 4.20. The second kappa shape index (κ2) is 7.65. The highest BCUT2D eigenvalue weighted by molar-refractivity contribution is 7.71. The van der Waals surface area contributed by atoms with E-state index in [1.165, 1.54) is 22.5 Å². The number of rotatable bonds is 5. The van der Waals surface area contributed by atoms with Gasteiger partial charge >= 0.3 is 0 Å². The fraction of sp³-hybridized carbons (Fsp3) is 0.200. The van der Waals surface area contributed by atoms with Crippen molar-refractivity contribution in [2.75, 3.05) is 5.32 Å². The molecule has 6 nitrogen and oxygen atoms in total. The van der Waals surface area contributed by atoms with Crippen molar-refractivity contribution < 1.29 is 4.79 Å². The molecule has 0 fully saturated rings. The highest BCUT2D eigenvalue weighted by atomic mass is 32.1. The summed E-state index contributed by atoms with van der Waals surface area (Å²) >= 11 is 6.82. The van der Waals surface area contributed by atoms with E-state index in [9.17, 15) is 4.79 Å². The topological polar surface area (TPSA) is 75.6 Å². The lowest BCUT2D eigenvalue weighted by molar-refractivity contribution is -0.116. The van der Waals surface area contributed by atoms with Crippen molar-refractivity contribution in [3.63, 3.8) is 0 Å². The van der Waals surface area contributed by atoms with E-state index in [0.29, 0.717) is 16.4 Å². The Balaban J connectivity index is 1.47. The van der Waals surface area contributed by atoms with Crippen LogP contribution in [0.3, 0.4) is 0 Å². The molecule has 2 aromatic heterocycles. The first-order valence-corrected chi connectivity index (χ1v) is 10.1. The Hall–Kier alpha value is -2.84. The number of fused-ring (bicyclic) bond motifs is 1. The molecule has 0 atom stereocenters. The second-order valence-electron chi connectivity index (χ2n) is 6.66. The maximum absolute atomic E-state index is 12.4. The smallest absolute Gasteiger partial charge is 0.227 e. The largest absolute Gasteiger partial charge is 0.302 e. The lowest BCUT2D eigenvalue weighted by atomic mass is 10.1. The van der Waals surface area contributed by atoms with E-state index in [1.54, 1.807) is 0 Å². The van der Waals surface area contributed by atoms with Crippen LogP contribution in [0, 0.1) is 18.6 Å². The Morgan fingerprint density at radius 2 is 1.93 bits per heavy atom. The lowest BCUT2D eigenvalue weighted by Gasteiger charge is -2.07. The summed E-state index contributed by atoms with van der Waals surface area (Å²) in [5.74, 6) is 0.627. The zero-order valence-electron chi connectivity index (χ0n) is 15.5. The van der Waals surface area contributed by atoms with Gasteiger partial charge in [-0.25, -0.2) is 4.98 Å². The van der Waals surface area contributed by atoms with E-state index < -0.39 is 0 Å². The molecular weight excluding hydrogens is 390 g/mol. The third-order valence-corrected chi connectivity index (χ3v) is 5.67. The molecule has 4 rings (SSSR count). The Morgan fingerprint density at radius 1 is 1.18 bits per heavy atom. The fourth-order valence-corrected chi connectivity index (χ4v) is 4.13. The van der Waals surface area contributed by atoms with Crippen LogP contribution >= 0.6 is 23.6 Å². The average molecular weight is 410 g/mol. The number of nitrogens with zero attached hydrogens (tertiary/aromatic N) is 3. The molecule has 2 heterocycles. The Bertz CT molecular complexity index is 1200. The molecule has 0 spiro atoms. The second-order valence-corrected chi connectivity index (χ2v) is 8.08. The molecule has 142 valence electrons. The van der Waals surface area contributed by atoms with Crippen molar-refractivity contribution in [3.05, 3.63) is 58.4 Å². The quantitative estimate of drug-likeness (QED) is 0.462. The van der Waals surface area contributed by atoms with Crippen molar-refractivity contribution in [1.29, 1.82) is 0 Å². The number of benzene rings is 2. The van der Waals surface area contributed by atoms with Gasteiger partial charge in [-0.1, -0.05) is 47.2 Å². The normalized spacial score (nSPS) is 11.1. The van der Waals surface area contributed by atoms with E-state index in [0.717, 1.165) is 21.6 Å². The molecule has 0 saturated carbocycles. The standard InChI is InChI=1S/C20H19N5OS2/c1-12-3-6-14(7-4-12)18-23-24-20(27)25(18)10-9-17(26)22-19-21-15-8-5-13(2)11-16(15)28-19/h3-8,11H,9-10H2,1-2H3,(H,24,27)(H,21,22,26). The van der Waals surface area contributed by atoms with Crippen LogP contribution in [0.15, 0.2) is 42.5 Å². The first kappa shape index (κ1) is 18.5. The lowest BCUT2D eigenvalue weighted by Crippen LogP contribution is -2.15. The number of thiazole rings is 1. The number of carbonyl (C=O) groups excluding carboxylic acids is 1. The third-order valence-electron chi connectivity index (χ3n) is 4.42. The number of aromatic nitrogens is 4. The molecule has 0 radical (unpaired) electrons. The van der Waals surface area contributed by atoms with Crippen LogP contribution in [0.1, 0.15) is 17.5 Å². The van der Waals surface area contributed by atoms with Gasteiger partial charge in [0.2, 0.25) is 5.91 Å². The highest BCUT2D eigenvalue weighted by Gasteiger charge is 2.12. The number of hydrogen-bond donors (Lipinski definition) is 2. The van der Waals surface area contributed by atoms with Crippen molar-refractivity contribution in [2.24, 2.45) is 0 Å². The predicted molar refractivity (Wildman–Crippen MR) is 115 cm³/mol. The number of hydrogen-bond acceptors (Lipinski definition) is 5. The summed E-state index contributed by atoms with van der Waals surface area (Å²) in [6.45, 7) is 4.51. The molecular formula is C20H19N5OS2. The first-order valence-electron chi connectivity index (χ1n) is 8.89. The van der Waals surface area contributed by atoms with Crippen LogP contribution in [0.2, 0.25) is 0 Å². The maximum atomic E-state index is 12.4. The molecule has 1 amide bonds. The summed E-state index contributed by atoms with van der Waals surface area (Å²) in [6.07, 6.45) is 0.279. The summed E-state index contributed by atoms with van der Waals surface area (Å²) in [6, 6.07) is 14.1. The van der Waals surface area contributed by atoms with E-state index >= 15 is 0 Å². The van der Waals surface area contributed by atoms with E-state index in [-0.39, 0.29) is 12.3 Å². The van der Waals surface area contributed by atoms with E-state index in [2.05, 4.69) is 26.6 Å². The molecule has 0 aliphatic heterocycles. The molecule has 4 aromatic rings.